The fourth-order valence-corrected chi connectivity index (χ4v) is 5.86. The molecule has 4 aliphatic heterocycles. The molecule has 2 bridgehead atoms. The fourth-order valence-electron chi connectivity index (χ4n) is 5.86. The summed E-state index contributed by atoms with van der Waals surface area (Å²) < 4.78 is 7.49. The standard InChI is InChI=1S/C23H33N7O2/c1-32-22-5-3-2-4-21(22)27-8-10-28(11-9-27)23(31)20-16-29-7-6-17(20)12-19(29)15-30-14-18(13-24)25-26-30/h2-5,14,17,19-20H,6-13,15-16,24H2,1H3/p+2/t17-,19+,20-/m0/s1. The number of fused-ring (bicyclic) bond motifs is 3. The van der Waals surface area contributed by atoms with Gasteiger partial charge in [0.1, 0.15) is 24.0 Å². The van der Waals surface area contributed by atoms with Crippen LogP contribution in [-0.2, 0) is 17.9 Å². The Morgan fingerprint density at radius 2 is 2.06 bits per heavy atom. The number of quaternary nitrogens is 2. The van der Waals surface area contributed by atoms with Crippen LogP contribution in [-0.4, -0.2) is 78.2 Å². The smallest absolute Gasteiger partial charge is 0.231 e. The number of carbonyl (C=O) groups is 1. The van der Waals surface area contributed by atoms with E-state index >= 15 is 0 Å². The Morgan fingerprint density at radius 3 is 2.75 bits per heavy atom. The molecule has 9 nitrogen and oxygen atoms in total. The van der Waals surface area contributed by atoms with Crippen LogP contribution in [0.2, 0.25) is 0 Å². The first kappa shape index (κ1) is 21.2. The molecule has 32 heavy (non-hydrogen) atoms. The van der Waals surface area contributed by atoms with Gasteiger partial charge in [-0.05, 0) is 18.1 Å². The van der Waals surface area contributed by atoms with Crippen LogP contribution in [0, 0.1) is 11.8 Å². The molecule has 4 N–H and O–H groups in total. The van der Waals surface area contributed by atoms with Gasteiger partial charge in [-0.2, -0.15) is 0 Å². The number of hydrogen-bond acceptors (Lipinski definition) is 5. The number of ether oxygens (including phenoxy) is 1. The maximum atomic E-state index is 13.5. The second kappa shape index (κ2) is 9.07. The summed E-state index contributed by atoms with van der Waals surface area (Å²) in [4.78, 5) is 19.4. The number of benzene rings is 1. The lowest BCUT2D eigenvalue weighted by Crippen LogP contribution is -3.20. The predicted molar refractivity (Wildman–Crippen MR) is 119 cm³/mol. The number of aromatic nitrogens is 3. The van der Waals surface area contributed by atoms with Gasteiger partial charge in [0, 0.05) is 39.0 Å². The zero-order valence-electron chi connectivity index (χ0n) is 18.9. The Bertz CT molecular complexity index is 940. The number of anilines is 1. The molecule has 1 amide bonds. The number of nitrogens with zero attached hydrogens (tertiary/aromatic N) is 5. The number of amides is 1. The number of nitrogens with one attached hydrogen (secondary N) is 1. The quantitative estimate of drug-likeness (QED) is 0.579. The molecular weight excluding hydrogens is 406 g/mol. The molecule has 5 heterocycles. The van der Waals surface area contributed by atoms with Gasteiger partial charge in [0.15, 0.2) is 0 Å². The average molecular weight is 442 g/mol. The van der Waals surface area contributed by atoms with Crippen molar-refractivity contribution in [3.05, 3.63) is 36.2 Å². The number of hydrogen-bond donors (Lipinski definition) is 2. The Labute approximate surface area is 189 Å². The SMILES string of the molecule is COc1ccccc1N1CCN(C(=O)[C@H]2C[NH+]3CC[C@H]2C[C@@H]3Cn2cc(C[NH3+])nn2)CC1. The third-order valence-electron chi connectivity index (χ3n) is 7.64. The molecule has 4 aliphatic rings. The molecule has 1 aromatic carbocycles. The number of piperazine rings is 1. The number of rotatable bonds is 6. The van der Waals surface area contributed by atoms with E-state index in [9.17, 15) is 4.79 Å². The van der Waals surface area contributed by atoms with Crippen molar-refractivity contribution in [1.29, 1.82) is 0 Å². The summed E-state index contributed by atoms with van der Waals surface area (Å²) in [6, 6.07) is 8.66. The Balaban J connectivity index is 1.17. The Morgan fingerprint density at radius 1 is 1.25 bits per heavy atom. The molecule has 0 saturated carbocycles. The molecule has 0 spiro atoms. The van der Waals surface area contributed by atoms with Crippen LogP contribution in [0.5, 0.6) is 5.75 Å². The van der Waals surface area contributed by atoms with Crippen molar-refractivity contribution in [3.8, 4) is 5.75 Å². The third kappa shape index (κ3) is 4.06. The zero-order chi connectivity index (χ0) is 22.1. The second-order valence-electron chi connectivity index (χ2n) is 9.37. The minimum atomic E-state index is 0.166. The highest BCUT2D eigenvalue weighted by molar-refractivity contribution is 5.80. The highest BCUT2D eigenvalue weighted by atomic mass is 16.5. The van der Waals surface area contributed by atoms with E-state index in [0.29, 0.717) is 24.4 Å². The molecular formula is C23H35N7O2+2. The van der Waals surface area contributed by atoms with Gasteiger partial charge in [-0.25, -0.2) is 4.68 Å². The van der Waals surface area contributed by atoms with Crippen molar-refractivity contribution in [1.82, 2.24) is 19.9 Å². The van der Waals surface area contributed by atoms with E-state index < -0.39 is 0 Å². The van der Waals surface area contributed by atoms with E-state index in [-0.39, 0.29) is 5.92 Å². The van der Waals surface area contributed by atoms with Crippen LogP contribution in [0.3, 0.4) is 0 Å². The van der Waals surface area contributed by atoms with Gasteiger partial charge in [-0.15, -0.1) is 5.10 Å². The van der Waals surface area contributed by atoms with Gasteiger partial charge in [0.05, 0.1) is 44.5 Å². The van der Waals surface area contributed by atoms with E-state index in [0.717, 1.165) is 75.8 Å². The van der Waals surface area contributed by atoms with Crippen LogP contribution in [0.25, 0.3) is 0 Å². The molecule has 0 radical (unpaired) electrons. The Hall–Kier alpha value is -2.65. The zero-order valence-corrected chi connectivity index (χ0v) is 18.9. The lowest BCUT2D eigenvalue weighted by atomic mass is 9.75. The van der Waals surface area contributed by atoms with E-state index in [1.54, 1.807) is 12.0 Å². The van der Waals surface area contributed by atoms with Gasteiger partial charge in [-0.1, -0.05) is 17.3 Å². The van der Waals surface area contributed by atoms with Gasteiger partial charge in [-0.3, -0.25) is 4.79 Å². The Kier molecular flexibility index (Phi) is 6.01. The van der Waals surface area contributed by atoms with Crippen molar-refractivity contribution in [2.75, 3.05) is 51.3 Å². The van der Waals surface area contributed by atoms with Gasteiger partial charge < -0.3 is 25.2 Å². The predicted octanol–water partition coefficient (Wildman–Crippen LogP) is -1.33. The highest BCUT2D eigenvalue weighted by Gasteiger charge is 2.48. The molecule has 0 aliphatic carbocycles. The van der Waals surface area contributed by atoms with Crippen molar-refractivity contribution < 1.29 is 20.2 Å². The van der Waals surface area contributed by atoms with E-state index in [4.69, 9.17) is 4.74 Å². The molecule has 9 heteroatoms. The van der Waals surface area contributed by atoms with Crippen molar-refractivity contribution in [3.63, 3.8) is 0 Å². The van der Waals surface area contributed by atoms with Crippen molar-refractivity contribution in [2.45, 2.75) is 32.0 Å². The third-order valence-corrected chi connectivity index (χ3v) is 7.64. The summed E-state index contributed by atoms with van der Waals surface area (Å²) >= 11 is 0. The molecule has 4 fully saturated rings. The molecule has 1 unspecified atom stereocenters. The van der Waals surface area contributed by atoms with Gasteiger partial charge >= 0.3 is 0 Å². The molecule has 172 valence electrons. The maximum absolute atomic E-state index is 13.5. The summed E-state index contributed by atoms with van der Waals surface area (Å²) in [6.07, 6.45) is 4.27. The summed E-state index contributed by atoms with van der Waals surface area (Å²) in [6.45, 7) is 6.95. The summed E-state index contributed by atoms with van der Waals surface area (Å²) in [5.74, 6) is 1.92. The van der Waals surface area contributed by atoms with Crippen LogP contribution in [0.4, 0.5) is 5.69 Å². The maximum Gasteiger partial charge on any atom is 0.231 e. The summed E-state index contributed by atoms with van der Waals surface area (Å²) in [5.41, 5.74) is 5.94. The van der Waals surface area contributed by atoms with Crippen LogP contribution in [0.15, 0.2) is 30.5 Å². The fraction of sp³-hybridized carbons (Fsp3) is 0.609. The number of carbonyl (C=O) groups excluding carboxylic acids is 1. The lowest BCUT2D eigenvalue weighted by molar-refractivity contribution is -0.945. The van der Waals surface area contributed by atoms with Crippen LogP contribution in [0.1, 0.15) is 18.5 Å². The largest absolute Gasteiger partial charge is 0.495 e. The summed E-state index contributed by atoms with van der Waals surface area (Å²) in [7, 11) is 1.71. The van der Waals surface area contributed by atoms with Crippen LogP contribution >= 0.6 is 0 Å². The molecule has 6 rings (SSSR count). The molecule has 4 atom stereocenters. The average Bonchev–Trinajstić information content (AvgIpc) is 3.31. The van der Waals surface area contributed by atoms with E-state index in [1.165, 1.54) is 0 Å². The monoisotopic (exact) mass is 441 g/mol. The molecule has 4 saturated heterocycles. The van der Waals surface area contributed by atoms with Crippen molar-refractivity contribution in [2.24, 2.45) is 11.8 Å². The normalized spacial score (nSPS) is 27.6. The van der Waals surface area contributed by atoms with E-state index in [1.807, 2.05) is 29.1 Å². The number of methoxy groups -OCH3 is 1. The second-order valence-corrected chi connectivity index (χ2v) is 9.37. The minimum absolute atomic E-state index is 0.166. The first-order valence-corrected chi connectivity index (χ1v) is 11.9. The van der Waals surface area contributed by atoms with Crippen molar-refractivity contribution >= 4 is 11.6 Å². The minimum Gasteiger partial charge on any atom is -0.495 e. The lowest BCUT2D eigenvalue weighted by Gasteiger charge is -2.47. The first-order chi connectivity index (χ1) is 15.7. The first-order valence-electron chi connectivity index (χ1n) is 11.9. The van der Waals surface area contributed by atoms with Crippen LogP contribution < -0.4 is 20.3 Å². The van der Waals surface area contributed by atoms with Gasteiger partial charge in [0.2, 0.25) is 5.91 Å². The van der Waals surface area contributed by atoms with Gasteiger partial charge in [0.25, 0.3) is 0 Å². The van der Waals surface area contributed by atoms with E-state index in [2.05, 4.69) is 31.9 Å². The molecule has 1 aromatic heterocycles. The highest BCUT2D eigenvalue weighted by Crippen LogP contribution is 2.31. The topological polar surface area (TPSA) is 95.6 Å². The number of piperidine rings is 3. The number of para-hydroxylation sites is 2. The summed E-state index contributed by atoms with van der Waals surface area (Å²) in [5, 5.41) is 8.44. The molecule has 2 aromatic rings.